The van der Waals surface area contributed by atoms with Gasteiger partial charge < -0.3 is 9.15 Å². The maximum absolute atomic E-state index is 13.7. The molecule has 0 saturated heterocycles. The Morgan fingerprint density at radius 2 is 1.74 bits per heavy atom. The molecule has 0 N–H and O–H groups in total. The Labute approximate surface area is 199 Å². The molecule has 6 nitrogen and oxygen atoms in total. The van der Waals surface area contributed by atoms with Gasteiger partial charge in [-0.2, -0.15) is 0 Å². The van der Waals surface area contributed by atoms with Crippen LogP contribution in [0.4, 0.5) is 5.13 Å². The third-order valence-corrected chi connectivity index (χ3v) is 7.23. The van der Waals surface area contributed by atoms with E-state index in [0.717, 1.165) is 26.9 Å². The van der Waals surface area contributed by atoms with Crippen LogP contribution in [-0.2, 0) is 0 Å². The Morgan fingerprint density at radius 1 is 0.971 bits per heavy atom. The number of aromatic nitrogens is 1. The van der Waals surface area contributed by atoms with Crippen molar-refractivity contribution in [1.82, 2.24) is 4.98 Å². The molecule has 0 unspecified atom stereocenters. The number of carbonyl (C=O) groups excluding carboxylic acids is 1. The number of ether oxygens (including phenoxy) is 1. The first-order valence-corrected chi connectivity index (χ1v) is 11.7. The minimum Gasteiger partial charge on any atom is -0.497 e. The number of anilines is 1. The molecule has 1 aliphatic heterocycles. The second-order valence-electron chi connectivity index (χ2n) is 8.49. The number of nitrogens with zero attached hydrogens (tertiary/aromatic N) is 2. The number of fused-ring (bicyclic) bond motifs is 3. The first-order valence-electron chi connectivity index (χ1n) is 10.9. The summed E-state index contributed by atoms with van der Waals surface area (Å²) < 4.78 is 12.3. The van der Waals surface area contributed by atoms with Gasteiger partial charge >= 0.3 is 0 Å². The molecular formula is C27H20N2O4S. The average Bonchev–Trinajstić information content (AvgIpc) is 3.38. The monoisotopic (exact) mass is 468 g/mol. The zero-order chi connectivity index (χ0) is 23.6. The summed E-state index contributed by atoms with van der Waals surface area (Å²) in [6, 6.07) is 18.2. The van der Waals surface area contributed by atoms with Crippen molar-refractivity contribution in [1.29, 1.82) is 0 Å². The summed E-state index contributed by atoms with van der Waals surface area (Å²) in [5, 5.41) is 0.976. The first-order chi connectivity index (χ1) is 16.4. The average molecular weight is 469 g/mol. The summed E-state index contributed by atoms with van der Waals surface area (Å²) in [6.07, 6.45) is 0. The van der Waals surface area contributed by atoms with Crippen molar-refractivity contribution in [2.75, 3.05) is 12.0 Å². The third kappa shape index (κ3) is 3.04. The SMILES string of the molecule is COc1ccc2nc(N3C(=O)c4oc5ccc(C)cc5c(=O)c4[C@H]3c3ccc(C)cc3)sc2c1. The molecule has 1 aliphatic rings. The van der Waals surface area contributed by atoms with Crippen LogP contribution in [0.5, 0.6) is 5.75 Å². The number of hydrogen-bond acceptors (Lipinski definition) is 6. The van der Waals surface area contributed by atoms with Crippen molar-refractivity contribution in [3.63, 3.8) is 0 Å². The summed E-state index contributed by atoms with van der Waals surface area (Å²) in [5.41, 5.74) is 4.19. The van der Waals surface area contributed by atoms with Crippen LogP contribution in [0.15, 0.2) is 69.9 Å². The second-order valence-corrected chi connectivity index (χ2v) is 9.50. The standard InChI is InChI=1S/C27H20N2O4S/c1-14-4-7-16(8-5-14)23-22-24(30)18-12-15(2)6-11-20(18)33-25(22)26(31)29(23)27-28-19-10-9-17(32-3)13-21(19)34-27/h4-13,23H,1-3H3/t23-/m1/s1. The van der Waals surface area contributed by atoms with Crippen molar-refractivity contribution < 1.29 is 13.9 Å². The van der Waals surface area contributed by atoms with Crippen LogP contribution in [0.2, 0.25) is 0 Å². The van der Waals surface area contributed by atoms with E-state index in [-0.39, 0.29) is 17.1 Å². The van der Waals surface area contributed by atoms with Gasteiger partial charge in [-0.1, -0.05) is 52.8 Å². The first kappa shape index (κ1) is 20.6. The van der Waals surface area contributed by atoms with E-state index in [0.29, 0.717) is 27.4 Å². The van der Waals surface area contributed by atoms with Crippen molar-refractivity contribution in [2.45, 2.75) is 19.9 Å². The Balaban J connectivity index is 1.62. The number of hydrogen-bond donors (Lipinski definition) is 0. The van der Waals surface area contributed by atoms with Crippen LogP contribution in [0, 0.1) is 13.8 Å². The number of methoxy groups -OCH3 is 1. The fourth-order valence-electron chi connectivity index (χ4n) is 4.47. The fraction of sp³-hybridized carbons (Fsp3) is 0.148. The zero-order valence-electron chi connectivity index (χ0n) is 18.8. The van der Waals surface area contributed by atoms with Crippen LogP contribution in [0.3, 0.4) is 0 Å². The molecular weight excluding hydrogens is 448 g/mol. The highest BCUT2D eigenvalue weighted by Crippen LogP contribution is 2.44. The molecule has 0 aliphatic carbocycles. The van der Waals surface area contributed by atoms with Gasteiger partial charge in [-0.05, 0) is 49.7 Å². The van der Waals surface area contributed by atoms with E-state index >= 15 is 0 Å². The number of benzene rings is 3. The van der Waals surface area contributed by atoms with E-state index in [1.54, 1.807) is 18.1 Å². The quantitative estimate of drug-likeness (QED) is 0.336. The Kier molecular flexibility index (Phi) is 4.57. The van der Waals surface area contributed by atoms with Crippen molar-refractivity contribution >= 4 is 43.6 Å². The molecule has 2 aromatic heterocycles. The topological polar surface area (TPSA) is 72.6 Å². The zero-order valence-corrected chi connectivity index (χ0v) is 19.6. The number of thiazole rings is 1. The Morgan fingerprint density at radius 3 is 2.50 bits per heavy atom. The molecule has 0 bridgehead atoms. The smallest absolute Gasteiger partial charge is 0.297 e. The van der Waals surface area contributed by atoms with E-state index in [2.05, 4.69) is 0 Å². The lowest BCUT2D eigenvalue weighted by Crippen LogP contribution is -2.29. The molecule has 3 aromatic carbocycles. The number of aryl methyl sites for hydroxylation is 2. The van der Waals surface area contributed by atoms with Crippen molar-refractivity contribution in [3.05, 3.63) is 98.9 Å². The molecule has 6 rings (SSSR count). The summed E-state index contributed by atoms with van der Waals surface area (Å²) >= 11 is 1.38. The predicted molar refractivity (Wildman–Crippen MR) is 133 cm³/mol. The van der Waals surface area contributed by atoms with Crippen molar-refractivity contribution in [3.8, 4) is 5.75 Å². The maximum Gasteiger partial charge on any atom is 0.297 e. The van der Waals surface area contributed by atoms with Gasteiger partial charge in [0.25, 0.3) is 5.91 Å². The Hall–Kier alpha value is -3.97. The van der Waals surface area contributed by atoms with Gasteiger partial charge in [-0.25, -0.2) is 4.98 Å². The molecule has 1 amide bonds. The predicted octanol–water partition coefficient (Wildman–Crippen LogP) is 5.78. The van der Waals surface area contributed by atoms with Gasteiger partial charge in [-0.15, -0.1) is 0 Å². The molecule has 3 heterocycles. The summed E-state index contributed by atoms with van der Waals surface area (Å²) in [4.78, 5) is 33.8. The molecule has 0 fully saturated rings. The van der Waals surface area contributed by atoms with E-state index in [1.807, 2.05) is 68.4 Å². The molecule has 0 saturated carbocycles. The van der Waals surface area contributed by atoms with Crippen LogP contribution < -0.4 is 15.1 Å². The largest absolute Gasteiger partial charge is 0.497 e. The lowest BCUT2D eigenvalue weighted by atomic mass is 9.97. The van der Waals surface area contributed by atoms with Crippen LogP contribution in [-0.4, -0.2) is 18.0 Å². The number of rotatable bonds is 3. The normalized spacial score (nSPS) is 15.3. The summed E-state index contributed by atoms with van der Waals surface area (Å²) in [6.45, 7) is 3.93. The lowest BCUT2D eigenvalue weighted by Gasteiger charge is -2.22. The van der Waals surface area contributed by atoms with Crippen LogP contribution >= 0.6 is 11.3 Å². The number of amides is 1. The minimum absolute atomic E-state index is 0.0729. The highest BCUT2D eigenvalue weighted by Gasteiger charge is 2.45. The molecule has 5 aromatic rings. The third-order valence-electron chi connectivity index (χ3n) is 6.21. The lowest BCUT2D eigenvalue weighted by molar-refractivity contribution is 0.0971. The number of carbonyl (C=O) groups is 1. The Bertz CT molecular complexity index is 1670. The summed E-state index contributed by atoms with van der Waals surface area (Å²) in [7, 11) is 1.61. The molecule has 0 spiro atoms. The highest BCUT2D eigenvalue weighted by molar-refractivity contribution is 7.22. The van der Waals surface area contributed by atoms with Gasteiger partial charge in [0.2, 0.25) is 5.76 Å². The van der Waals surface area contributed by atoms with Gasteiger partial charge in [-0.3, -0.25) is 14.5 Å². The van der Waals surface area contributed by atoms with Gasteiger partial charge in [0.1, 0.15) is 11.3 Å². The van der Waals surface area contributed by atoms with E-state index in [9.17, 15) is 9.59 Å². The fourth-order valence-corrected chi connectivity index (χ4v) is 5.49. The van der Waals surface area contributed by atoms with Gasteiger partial charge in [0.15, 0.2) is 10.6 Å². The molecule has 34 heavy (non-hydrogen) atoms. The van der Waals surface area contributed by atoms with Crippen LogP contribution in [0.25, 0.3) is 21.2 Å². The molecule has 0 radical (unpaired) electrons. The molecule has 168 valence electrons. The van der Waals surface area contributed by atoms with Gasteiger partial charge in [0.05, 0.1) is 34.3 Å². The van der Waals surface area contributed by atoms with E-state index in [4.69, 9.17) is 14.1 Å². The van der Waals surface area contributed by atoms with E-state index in [1.165, 1.54) is 11.3 Å². The summed E-state index contributed by atoms with van der Waals surface area (Å²) in [5.74, 6) is 0.419. The molecule has 1 atom stereocenters. The highest BCUT2D eigenvalue weighted by atomic mass is 32.1. The van der Waals surface area contributed by atoms with Crippen LogP contribution in [0.1, 0.15) is 38.9 Å². The van der Waals surface area contributed by atoms with E-state index < -0.39 is 6.04 Å². The molecule has 7 heteroatoms. The minimum atomic E-state index is -0.633. The van der Waals surface area contributed by atoms with Crippen molar-refractivity contribution in [2.24, 2.45) is 0 Å². The maximum atomic E-state index is 13.7. The van der Waals surface area contributed by atoms with Gasteiger partial charge in [0, 0.05) is 0 Å². The second kappa shape index (κ2) is 7.53.